The van der Waals surface area contributed by atoms with E-state index in [1.807, 2.05) is 13.0 Å². The van der Waals surface area contributed by atoms with E-state index in [1.54, 1.807) is 30.3 Å². The summed E-state index contributed by atoms with van der Waals surface area (Å²) in [5.41, 5.74) is 0.837. The molecule has 1 amide bonds. The second-order valence-corrected chi connectivity index (χ2v) is 7.96. The number of nitrogens with one attached hydrogen (secondary N) is 1. The number of para-hydroxylation sites is 2. The summed E-state index contributed by atoms with van der Waals surface area (Å²) in [6.45, 7) is 3.41. The maximum Gasteiger partial charge on any atom is 0.255 e. The smallest absolute Gasteiger partial charge is 0.255 e. The zero-order valence-corrected chi connectivity index (χ0v) is 15.5. The highest BCUT2D eigenvalue weighted by Crippen LogP contribution is 2.25. The highest BCUT2D eigenvalue weighted by Gasteiger charge is 2.27. The van der Waals surface area contributed by atoms with E-state index >= 15 is 0 Å². The first-order valence-electron chi connectivity index (χ1n) is 8.66. The Labute approximate surface area is 153 Å². The van der Waals surface area contributed by atoms with Crippen LogP contribution < -0.4 is 10.1 Å². The van der Waals surface area contributed by atoms with Crippen LogP contribution in [-0.2, 0) is 10.0 Å². The molecule has 0 spiro atoms. The standard InChI is InChI=1S/C19H22N2O4S/c1-2-25-18-11-4-3-10-17(18)20-19(22)15-8-7-9-16(14-15)26(23,24)21-12-5-6-13-21/h3-4,7-11,14H,2,5-6,12-13H2,1H3,(H,20,22). The monoisotopic (exact) mass is 374 g/mol. The lowest BCUT2D eigenvalue weighted by Gasteiger charge is -2.16. The Morgan fingerprint density at radius 2 is 1.85 bits per heavy atom. The highest BCUT2D eigenvalue weighted by molar-refractivity contribution is 7.89. The third-order valence-corrected chi connectivity index (χ3v) is 6.13. The van der Waals surface area contributed by atoms with Gasteiger partial charge in [-0.25, -0.2) is 8.42 Å². The van der Waals surface area contributed by atoms with Crippen molar-refractivity contribution in [1.82, 2.24) is 4.31 Å². The van der Waals surface area contributed by atoms with Crippen LogP contribution in [0, 0.1) is 0 Å². The lowest BCUT2D eigenvalue weighted by molar-refractivity contribution is 0.102. The van der Waals surface area contributed by atoms with Crippen molar-refractivity contribution >= 4 is 21.6 Å². The number of amides is 1. The van der Waals surface area contributed by atoms with Crippen molar-refractivity contribution in [2.24, 2.45) is 0 Å². The molecule has 1 aliphatic heterocycles. The molecular formula is C19H22N2O4S. The molecule has 138 valence electrons. The fourth-order valence-electron chi connectivity index (χ4n) is 2.92. The van der Waals surface area contributed by atoms with Crippen LogP contribution in [0.5, 0.6) is 5.75 Å². The number of sulfonamides is 1. The van der Waals surface area contributed by atoms with Gasteiger partial charge in [0.25, 0.3) is 5.91 Å². The maximum atomic E-state index is 12.7. The SMILES string of the molecule is CCOc1ccccc1NC(=O)c1cccc(S(=O)(=O)N2CCCC2)c1. The molecule has 7 heteroatoms. The van der Waals surface area contributed by atoms with Crippen LogP contribution in [0.25, 0.3) is 0 Å². The van der Waals surface area contributed by atoms with Crippen molar-refractivity contribution in [1.29, 1.82) is 0 Å². The predicted molar refractivity (Wildman–Crippen MR) is 100.0 cm³/mol. The van der Waals surface area contributed by atoms with Crippen molar-refractivity contribution in [3.63, 3.8) is 0 Å². The van der Waals surface area contributed by atoms with E-state index in [-0.39, 0.29) is 16.4 Å². The van der Waals surface area contributed by atoms with Gasteiger partial charge in [0.05, 0.1) is 17.2 Å². The van der Waals surface area contributed by atoms with Gasteiger partial charge in [0.15, 0.2) is 0 Å². The van der Waals surface area contributed by atoms with E-state index in [4.69, 9.17) is 4.74 Å². The molecule has 1 N–H and O–H groups in total. The quantitative estimate of drug-likeness (QED) is 0.843. The number of rotatable bonds is 6. The van der Waals surface area contributed by atoms with Gasteiger partial charge in [-0.15, -0.1) is 0 Å². The number of carbonyl (C=O) groups excluding carboxylic acids is 1. The first-order chi connectivity index (χ1) is 12.5. The molecule has 6 nitrogen and oxygen atoms in total. The van der Waals surface area contributed by atoms with Gasteiger partial charge in [-0.1, -0.05) is 18.2 Å². The number of carbonyl (C=O) groups is 1. The number of nitrogens with zero attached hydrogens (tertiary/aromatic N) is 1. The Morgan fingerprint density at radius 1 is 1.12 bits per heavy atom. The summed E-state index contributed by atoms with van der Waals surface area (Å²) in [7, 11) is -3.56. The molecule has 3 rings (SSSR count). The molecule has 1 aliphatic rings. The molecule has 0 aliphatic carbocycles. The van der Waals surface area contributed by atoms with Crippen LogP contribution in [0.4, 0.5) is 5.69 Å². The zero-order valence-electron chi connectivity index (χ0n) is 14.6. The second kappa shape index (κ2) is 7.88. The van der Waals surface area contributed by atoms with Gasteiger partial charge in [0.1, 0.15) is 5.75 Å². The molecule has 0 bridgehead atoms. The molecule has 0 unspecified atom stereocenters. The zero-order chi connectivity index (χ0) is 18.6. The summed E-state index contributed by atoms with van der Waals surface area (Å²) < 4.78 is 32.3. The Bertz CT molecular complexity index is 890. The summed E-state index contributed by atoms with van der Waals surface area (Å²) in [4.78, 5) is 12.7. The average molecular weight is 374 g/mol. The Hall–Kier alpha value is -2.38. The number of ether oxygens (including phenoxy) is 1. The normalized spacial score (nSPS) is 15.0. The van der Waals surface area contributed by atoms with E-state index in [9.17, 15) is 13.2 Å². The Morgan fingerprint density at radius 3 is 2.58 bits per heavy atom. The van der Waals surface area contributed by atoms with Gasteiger partial charge < -0.3 is 10.1 Å². The van der Waals surface area contributed by atoms with Crippen molar-refractivity contribution in [2.45, 2.75) is 24.7 Å². The number of anilines is 1. The fourth-order valence-corrected chi connectivity index (χ4v) is 4.48. The van der Waals surface area contributed by atoms with E-state index < -0.39 is 10.0 Å². The topological polar surface area (TPSA) is 75.7 Å². The molecule has 0 atom stereocenters. The van der Waals surface area contributed by atoms with Gasteiger partial charge in [-0.3, -0.25) is 4.79 Å². The van der Waals surface area contributed by atoms with Crippen LogP contribution in [0.1, 0.15) is 30.1 Å². The number of benzene rings is 2. The van der Waals surface area contributed by atoms with E-state index in [2.05, 4.69) is 5.32 Å². The summed E-state index contributed by atoms with van der Waals surface area (Å²) in [5, 5.41) is 2.79. The Balaban J connectivity index is 1.83. The summed E-state index contributed by atoms with van der Waals surface area (Å²) in [6, 6.07) is 13.3. The van der Waals surface area contributed by atoms with Gasteiger partial charge >= 0.3 is 0 Å². The largest absolute Gasteiger partial charge is 0.492 e. The van der Waals surface area contributed by atoms with Gasteiger partial charge in [-0.05, 0) is 50.1 Å². The van der Waals surface area contributed by atoms with Gasteiger partial charge in [0, 0.05) is 18.7 Å². The lowest BCUT2D eigenvalue weighted by Crippen LogP contribution is -2.28. The second-order valence-electron chi connectivity index (χ2n) is 6.02. The summed E-state index contributed by atoms with van der Waals surface area (Å²) in [5.74, 6) is 0.194. The van der Waals surface area contributed by atoms with Crippen molar-refractivity contribution in [3.05, 3.63) is 54.1 Å². The van der Waals surface area contributed by atoms with Crippen LogP contribution in [0.2, 0.25) is 0 Å². The molecule has 1 heterocycles. The summed E-state index contributed by atoms with van der Waals surface area (Å²) >= 11 is 0. The first kappa shape index (κ1) is 18.4. The number of hydrogen-bond acceptors (Lipinski definition) is 4. The van der Waals surface area contributed by atoms with Gasteiger partial charge in [0.2, 0.25) is 10.0 Å². The molecular weight excluding hydrogens is 352 g/mol. The lowest BCUT2D eigenvalue weighted by atomic mass is 10.2. The van der Waals surface area contributed by atoms with E-state index in [0.29, 0.717) is 31.1 Å². The fraction of sp³-hybridized carbons (Fsp3) is 0.316. The van der Waals surface area contributed by atoms with Crippen molar-refractivity contribution in [3.8, 4) is 5.75 Å². The number of hydrogen-bond donors (Lipinski definition) is 1. The van der Waals surface area contributed by atoms with Crippen LogP contribution >= 0.6 is 0 Å². The molecule has 0 radical (unpaired) electrons. The molecule has 1 fully saturated rings. The summed E-state index contributed by atoms with van der Waals surface area (Å²) in [6.07, 6.45) is 1.74. The maximum absolute atomic E-state index is 12.7. The van der Waals surface area contributed by atoms with Crippen LogP contribution in [0.15, 0.2) is 53.4 Å². The molecule has 0 saturated carbocycles. The first-order valence-corrected chi connectivity index (χ1v) is 10.1. The molecule has 26 heavy (non-hydrogen) atoms. The van der Waals surface area contributed by atoms with Crippen molar-refractivity contribution in [2.75, 3.05) is 25.0 Å². The minimum atomic E-state index is -3.56. The van der Waals surface area contributed by atoms with Crippen LogP contribution in [-0.4, -0.2) is 38.3 Å². The molecule has 2 aromatic carbocycles. The third-order valence-electron chi connectivity index (χ3n) is 4.23. The predicted octanol–water partition coefficient (Wildman–Crippen LogP) is 3.12. The van der Waals surface area contributed by atoms with Crippen molar-refractivity contribution < 1.29 is 17.9 Å². The minimum absolute atomic E-state index is 0.144. The van der Waals surface area contributed by atoms with Gasteiger partial charge in [-0.2, -0.15) is 4.31 Å². The molecule has 0 aromatic heterocycles. The average Bonchev–Trinajstić information content (AvgIpc) is 3.19. The minimum Gasteiger partial charge on any atom is -0.492 e. The molecule has 2 aromatic rings. The highest BCUT2D eigenvalue weighted by atomic mass is 32.2. The van der Waals surface area contributed by atoms with E-state index in [0.717, 1.165) is 12.8 Å². The Kier molecular flexibility index (Phi) is 5.58. The van der Waals surface area contributed by atoms with E-state index in [1.165, 1.54) is 16.4 Å². The van der Waals surface area contributed by atoms with Crippen LogP contribution in [0.3, 0.4) is 0 Å². The third kappa shape index (κ3) is 3.89. The molecule has 1 saturated heterocycles.